The largest absolute Gasteiger partial charge is 0.382 e. The zero-order valence-corrected chi connectivity index (χ0v) is 9.50. The van der Waals surface area contributed by atoms with E-state index in [1.165, 1.54) is 24.9 Å². The maximum Gasteiger partial charge on any atom is 0.0462 e. The Balaban J connectivity index is 0.000000461. The van der Waals surface area contributed by atoms with Gasteiger partial charge in [-0.3, -0.25) is 0 Å². The van der Waals surface area contributed by atoms with Crippen molar-refractivity contribution in [3.05, 3.63) is 28.7 Å². The minimum absolute atomic E-state index is 0.728. The smallest absolute Gasteiger partial charge is 0.0462 e. The number of rotatable bonds is 2. The number of hydrogen-bond donors (Lipinski definition) is 1. The van der Waals surface area contributed by atoms with E-state index >= 15 is 0 Å². The first-order valence-corrected chi connectivity index (χ1v) is 5.42. The summed E-state index contributed by atoms with van der Waals surface area (Å²) < 4.78 is 1.14. The Hall–Kier alpha value is -1.01. The molecule has 0 amide bonds. The van der Waals surface area contributed by atoms with E-state index in [-0.39, 0.29) is 0 Å². The third-order valence-corrected chi connectivity index (χ3v) is 2.85. The summed E-state index contributed by atoms with van der Waals surface area (Å²) in [4.78, 5) is 0. The van der Waals surface area contributed by atoms with Crippen LogP contribution >= 0.6 is 15.9 Å². The van der Waals surface area contributed by atoms with Gasteiger partial charge in [-0.05, 0) is 43.5 Å². The van der Waals surface area contributed by atoms with Crippen LogP contribution in [0.15, 0.2) is 28.7 Å². The molecule has 1 aliphatic carbocycles. The highest BCUT2D eigenvalue weighted by Gasteiger charge is 2.16. The molecule has 1 aromatic carbocycles. The first-order valence-electron chi connectivity index (χ1n) is 4.62. The maximum atomic E-state index is 6.50. The molecule has 2 rings (SSSR count). The van der Waals surface area contributed by atoms with E-state index in [2.05, 4.69) is 52.1 Å². The fourth-order valence-corrected chi connectivity index (χ4v) is 1.60. The van der Waals surface area contributed by atoms with Crippen LogP contribution in [0.25, 0.3) is 0 Å². The van der Waals surface area contributed by atoms with Gasteiger partial charge >= 0.3 is 0 Å². The van der Waals surface area contributed by atoms with E-state index < -0.39 is 0 Å². The SMILES string of the molecule is Brc1ccc(NC2CCC2)cc1.C#N. The summed E-state index contributed by atoms with van der Waals surface area (Å²) in [6, 6.07) is 9.10. The number of nitrogens with zero attached hydrogens (tertiary/aromatic N) is 1. The summed E-state index contributed by atoms with van der Waals surface area (Å²) in [5.41, 5.74) is 1.24. The molecule has 1 saturated carbocycles. The van der Waals surface area contributed by atoms with Crippen molar-refractivity contribution >= 4 is 21.6 Å². The van der Waals surface area contributed by atoms with Gasteiger partial charge in [0.25, 0.3) is 0 Å². The lowest BCUT2D eigenvalue weighted by Crippen LogP contribution is -2.26. The normalized spacial score (nSPS) is 14.8. The van der Waals surface area contributed by atoms with Crippen molar-refractivity contribution in [2.45, 2.75) is 25.3 Å². The molecular weight excluding hydrogens is 240 g/mol. The van der Waals surface area contributed by atoms with Crippen molar-refractivity contribution in [3.8, 4) is 6.57 Å². The Labute approximate surface area is 93.1 Å². The summed E-state index contributed by atoms with van der Waals surface area (Å²) in [6.07, 6.45) is 4.04. The zero-order chi connectivity index (χ0) is 10.4. The van der Waals surface area contributed by atoms with Crippen molar-refractivity contribution in [2.24, 2.45) is 0 Å². The van der Waals surface area contributed by atoms with Gasteiger partial charge < -0.3 is 5.32 Å². The molecule has 74 valence electrons. The molecule has 0 atom stereocenters. The molecule has 0 saturated heterocycles. The Kier molecular flexibility index (Phi) is 4.48. The van der Waals surface area contributed by atoms with Crippen LogP contribution in [0.2, 0.25) is 0 Å². The van der Waals surface area contributed by atoms with Crippen LogP contribution in [0.1, 0.15) is 19.3 Å². The molecule has 0 bridgehead atoms. The Bertz CT molecular complexity index is 288. The lowest BCUT2D eigenvalue weighted by atomic mass is 9.93. The molecule has 0 unspecified atom stereocenters. The van der Waals surface area contributed by atoms with Crippen LogP contribution in [0.3, 0.4) is 0 Å². The second-order valence-electron chi connectivity index (χ2n) is 3.28. The summed E-state index contributed by atoms with van der Waals surface area (Å²) in [5, 5.41) is 9.98. The van der Waals surface area contributed by atoms with E-state index in [0.29, 0.717) is 0 Å². The summed E-state index contributed by atoms with van der Waals surface area (Å²) in [7, 11) is 0. The van der Waals surface area contributed by atoms with Crippen LogP contribution < -0.4 is 5.32 Å². The summed E-state index contributed by atoms with van der Waals surface area (Å²) in [5.74, 6) is 0. The van der Waals surface area contributed by atoms with Gasteiger partial charge in [0, 0.05) is 22.8 Å². The second kappa shape index (κ2) is 5.66. The lowest BCUT2D eigenvalue weighted by Gasteiger charge is -2.27. The quantitative estimate of drug-likeness (QED) is 0.874. The first kappa shape index (κ1) is 11.1. The molecule has 2 nitrogen and oxygen atoms in total. The van der Waals surface area contributed by atoms with Gasteiger partial charge in [0.1, 0.15) is 0 Å². The van der Waals surface area contributed by atoms with E-state index in [1.807, 2.05) is 0 Å². The van der Waals surface area contributed by atoms with Gasteiger partial charge in [0.15, 0.2) is 0 Å². The molecule has 0 aliphatic heterocycles. The van der Waals surface area contributed by atoms with Crippen molar-refractivity contribution in [2.75, 3.05) is 5.32 Å². The van der Waals surface area contributed by atoms with Gasteiger partial charge in [-0.1, -0.05) is 15.9 Å². The molecule has 14 heavy (non-hydrogen) atoms. The number of halogens is 1. The fraction of sp³-hybridized carbons (Fsp3) is 0.364. The molecule has 3 heteroatoms. The highest BCUT2D eigenvalue weighted by molar-refractivity contribution is 9.10. The number of nitriles is 1. The van der Waals surface area contributed by atoms with Crippen LogP contribution in [-0.2, 0) is 0 Å². The fourth-order valence-electron chi connectivity index (χ4n) is 1.33. The van der Waals surface area contributed by atoms with Gasteiger partial charge in [0.05, 0.1) is 0 Å². The van der Waals surface area contributed by atoms with E-state index in [0.717, 1.165) is 10.5 Å². The standard InChI is InChI=1S/C10H12BrN.CHN/c11-8-4-6-10(7-5-8)12-9-2-1-3-9;1-2/h4-7,9,12H,1-3H2;1H. The van der Waals surface area contributed by atoms with E-state index in [9.17, 15) is 0 Å². The summed E-state index contributed by atoms with van der Waals surface area (Å²) in [6.45, 7) is 3.50. The minimum Gasteiger partial charge on any atom is -0.382 e. The average molecular weight is 253 g/mol. The van der Waals surface area contributed by atoms with Crippen molar-refractivity contribution < 1.29 is 0 Å². The number of anilines is 1. The highest BCUT2D eigenvalue weighted by Crippen LogP contribution is 2.23. The number of hydrogen-bond acceptors (Lipinski definition) is 2. The molecule has 1 aromatic rings. The number of benzene rings is 1. The maximum absolute atomic E-state index is 6.50. The third kappa shape index (κ3) is 3.04. The highest BCUT2D eigenvalue weighted by atomic mass is 79.9. The average Bonchev–Trinajstić information content (AvgIpc) is 2.17. The molecule has 0 aromatic heterocycles. The molecule has 0 radical (unpaired) electrons. The van der Waals surface area contributed by atoms with E-state index in [4.69, 9.17) is 5.26 Å². The predicted molar refractivity (Wildman–Crippen MR) is 62.1 cm³/mol. The molecule has 0 heterocycles. The second-order valence-corrected chi connectivity index (χ2v) is 4.19. The molecule has 1 fully saturated rings. The van der Waals surface area contributed by atoms with Crippen molar-refractivity contribution in [3.63, 3.8) is 0 Å². The van der Waals surface area contributed by atoms with Gasteiger partial charge in [0.2, 0.25) is 0 Å². The molecule has 1 aliphatic rings. The zero-order valence-electron chi connectivity index (χ0n) is 7.91. The Morgan fingerprint density at radius 2 is 1.79 bits per heavy atom. The minimum atomic E-state index is 0.728. The predicted octanol–water partition coefficient (Wildman–Crippen LogP) is 3.55. The van der Waals surface area contributed by atoms with Crippen LogP contribution in [0.4, 0.5) is 5.69 Å². The van der Waals surface area contributed by atoms with Gasteiger partial charge in [-0.15, -0.1) is 0 Å². The Morgan fingerprint density at radius 1 is 1.21 bits per heavy atom. The molecular formula is C11H13BrN2. The molecule has 1 N–H and O–H groups in total. The van der Waals surface area contributed by atoms with E-state index in [1.54, 1.807) is 0 Å². The number of nitrogens with one attached hydrogen (secondary N) is 1. The Morgan fingerprint density at radius 3 is 2.21 bits per heavy atom. The third-order valence-electron chi connectivity index (χ3n) is 2.32. The lowest BCUT2D eigenvalue weighted by molar-refractivity contribution is 0.445. The first-order chi connectivity index (χ1) is 6.84. The van der Waals surface area contributed by atoms with Crippen LogP contribution in [-0.4, -0.2) is 6.04 Å². The van der Waals surface area contributed by atoms with Crippen molar-refractivity contribution in [1.29, 1.82) is 5.26 Å². The topological polar surface area (TPSA) is 35.8 Å². The van der Waals surface area contributed by atoms with Crippen LogP contribution in [0.5, 0.6) is 0 Å². The van der Waals surface area contributed by atoms with Gasteiger partial charge in [-0.2, -0.15) is 0 Å². The van der Waals surface area contributed by atoms with Crippen molar-refractivity contribution in [1.82, 2.24) is 0 Å². The monoisotopic (exact) mass is 252 g/mol. The van der Waals surface area contributed by atoms with Gasteiger partial charge in [-0.25, -0.2) is 5.26 Å². The summed E-state index contributed by atoms with van der Waals surface area (Å²) >= 11 is 3.41. The van der Waals surface area contributed by atoms with Crippen LogP contribution in [0, 0.1) is 11.8 Å². The molecule has 0 spiro atoms.